The first-order chi connectivity index (χ1) is 29.4. The molecule has 1 aliphatic heterocycles. The molecule has 7 amide bonds. The van der Waals surface area contributed by atoms with E-state index in [0.717, 1.165) is 18.1 Å². The Hall–Kier alpha value is -6.20. The number of benzene rings is 2. The first kappa shape index (κ1) is 50.2. The van der Waals surface area contributed by atoms with Gasteiger partial charge in [-0.1, -0.05) is 76.6 Å². The Kier molecular flexibility index (Phi) is 20.2. The molecule has 340 valence electrons. The molecule has 18 heteroatoms. The van der Waals surface area contributed by atoms with Gasteiger partial charge in [0.25, 0.3) is 0 Å². The van der Waals surface area contributed by atoms with E-state index in [4.69, 9.17) is 4.74 Å². The second-order valence-electron chi connectivity index (χ2n) is 16.0. The maximum Gasteiger partial charge on any atom is 0.326 e. The summed E-state index contributed by atoms with van der Waals surface area (Å²) in [4.78, 5) is 109. The number of ether oxygens (including phenoxy) is 1. The number of rotatable bonds is 14. The van der Waals surface area contributed by atoms with Gasteiger partial charge in [0.05, 0.1) is 0 Å². The highest BCUT2D eigenvalue weighted by molar-refractivity contribution is 5.96. The summed E-state index contributed by atoms with van der Waals surface area (Å²) >= 11 is 0. The number of amides is 7. The molecule has 0 bridgehead atoms. The fourth-order valence-electron chi connectivity index (χ4n) is 6.88. The Morgan fingerprint density at radius 3 is 2.06 bits per heavy atom. The highest BCUT2D eigenvalue weighted by atomic mass is 16.5. The van der Waals surface area contributed by atoms with Crippen LogP contribution in [0, 0.1) is 11.8 Å². The van der Waals surface area contributed by atoms with E-state index in [9.17, 15) is 48.6 Å². The average molecular weight is 866 g/mol. The molecule has 18 nitrogen and oxygen atoms in total. The molecule has 62 heavy (non-hydrogen) atoms. The zero-order valence-electron chi connectivity index (χ0n) is 36.4. The van der Waals surface area contributed by atoms with E-state index in [0.29, 0.717) is 12.8 Å². The van der Waals surface area contributed by atoms with Gasteiger partial charge in [0.2, 0.25) is 29.5 Å². The van der Waals surface area contributed by atoms with Crippen LogP contribution in [-0.2, 0) is 51.1 Å². The minimum atomic E-state index is -1.37. The van der Waals surface area contributed by atoms with Gasteiger partial charge < -0.3 is 51.8 Å². The molecule has 0 spiro atoms. The van der Waals surface area contributed by atoms with Crippen molar-refractivity contribution < 1.29 is 53.3 Å². The summed E-state index contributed by atoms with van der Waals surface area (Å²) in [6.07, 6.45) is 1.75. The van der Waals surface area contributed by atoms with Crippen LogP contribution in [0.1, 0.15) is 84.3 Å². The molecule has 2 aromatic rings. The molecule has 8 N–H and O–H groups in total. The van der Waals surface area contributed by atoms with Crippen molar-refractivity contribution in [2.24, 2.45) is 11.8 Å². The summed E-state index contributed by atoms with van der Waals surface area (Å²) in [6.45, 7) is 7.52. The smallest absolute Gasteiger partial charge is 0.326 e. The van der Waals surface area contributed by atoms with Crippen LogP contribution < -0.4 is 31.9 Å². The normalized spacial score (nSPS) is 22.0. The molecule has 1 heterocycles. The molecule has 2 aromatic carbocycles. The summed E-state index contributed by atoms with van der Waals surface area (Å²) in [5, 5.41) is 35.5. The van der Waals surface area contributed by atoms with Gasteiger partial charge in [0, 0.05) is 20.5 Å². The lowest BCUT2D eigenvalue weighted by molar-refractivity contribution is -0.146. The molecule has 0 saturated carbocycles. The largest absolute Gasteiger partial charge is 0.508 e. The SMILES string of the molecule is CCC(C)C(NC(=O)NC1CCCCNC(=O)C(COC(C)=O)NC(=O)C(CCc2ccc(O)cc2)N(C)C(=O)C(CCc2ccccc2)NC(=O)C(C(C)C)NC1=O)C(=O)O. The number of esters is 1. The standard InChI is InChI=1S/C44H63N7O11/c1-7-27(4)37(43(59)60)50-44(61)48-32-15-11-12-24-45-38(54)34(25-62-28(5)52)47-40(56)35(23-19-30-16-20-31(53)21-17-30)51(6)42(58)33(22-18-29-13-9-8-10-14-29)46-41(57)36(26(2)3)49-39(32)55/h8-10,13-14,16-17,20-21,26-27,32-37,53H,7,11-12,15,18-19,22-25H2,1-6H3,(H,45,54)(H,46,57)(H,47,56)(H,49,55)(H,59,60)(H2,48,50,61). The minimum Gasteiger partial charge on any atom is -0.508 e. The van der Waals surface area contributed by atoms with Gasteiger partial charge in [-0.25, -0.2) is 9.59 Å². The monoisotopic (exact) mass is 865 g/mol. The minimum absolute atomic E-state index is 0.0158. The third-order valence-corrected chi connectivity index (χ3v) is 10.9. The van der Waals surface area contributed by atoms with E-state index >= 15 is 0 Å². The third-order valence-electron chi connectivity index (χ3n) is 10.9. The van der Waals surface area contributed by atoms with Gasteiger partial charge >= 0.3 is 18.0 Å². The van der Waals surface area contributed by atoms with Crippen molar-refractivity contribution in [3.8, 4) is 5.75 Å². The summed E-state index contributed by atoms with van der Waals surface area (Å²) in [5.41, 5.74) is 1.61. The van der Waals surface area contributed by atoms with Crippen LogP contribution in [0.4, 0.5) is 4.79 Å². The lowest BCUT2D eigenvalue weighted by Crippen LogP contribution is -2.61. The number of aryl methyl sites for hydroxylation is 2. The van der Waals surface area contributed by atoms with Gasteiger partial charge in [-0.2, -0.15) is 0 Å². The van der Waals surface area contributed by atoms with Crippen LogP contribution in [0.5, 0.6) is 5.75 Å². The molecule has 7 atom stereocenters. The molecule has 1 fully saturated rings. The van der Waals surface area contributed by atoms with Crippen molar-refractivity contribution in [1.82, 2.24) is 36.8 Å². The fourth-order valence-corrected chi connectivity index (χ4v) is 6.88. The number of hydrogen-bond acceptors (Lipinski definition) is 10. The van der Waals surface area contributed by atoms with Crippen molar-refractivity contribution in [1.29, 1.82) is 0 Å². The summed E-state index contributed by atoms with van der Waals surface area (Å²) in [5.74, 6) is -6.33. The Balaban J connectivity index is 2.06. The Morgan fingerprint density at radius 1 is 0.823 bits per heavy atom. The molecule has 1 aliphatic rings. The summed E-state index contributed by atoms with van der Waals surface area (Å²) < 4.78 is 5.14. The molecular formula is C44H63N7O11. The van der Waals surface area contributed by atoms with Crippen LogP contribution in [-0.4, -0.2) is 119 Å². The number of urea groups is 1. The number of carbonyl (C=O) groups is 8. The number of nitrogens with one attached hydrogen (secondary N) is 6. The molecule has 0 aliphatic carbocycles. The number of nitrogens with zero attached hydrogens (tertiary/aromatic N) is 1. The highest BCUT2D eigenvalue weighted by Gasteiger charge is 2.37. The van der Waals surface area contributed by atoms with E-state index in [1.807, 2.05) is 30.3 Å². The number of carboxylic acids is 1. The van der Waals surface area contributed by atoms with E-state index in [-0.39, 0.29) is 50.8 Å². The van der Waals surface area contributed by atoms with E-state index in [2.05, 4.69) is 31.9 Å². The number of carboxylic acid groups (broad SMARTS) is 1. The Bertz CT molecular complexity index is 1840. The van der Waals surface area contributed by atoms with Crippen LogP contribution >= 0.6 is 0 Å². The van der Waals surface area contributed by atoms with Gasteiger partial charge in [-0.15, -0.1) is 0 Å². The van der Waals surface area contributed by atoms with Gasteiger partial charge in [-0.3, -0.25) is 28.8 Å². The van der Waals surface area contributed by atoms with Crippen molar-refractivity contribution >= 4 is 47.5 Å². The molecular weight excluding hydrogens is 803 g/mol. The van der Waals surface area contributed by atoms with E-state index in [1.54, 1.807) is 39.8 Å². The van der Waals surface area contributed by atoms with Crippen molar-refractivity contribution in [3.05, 3.63) is 65.7 Å². The molecule has 0 radical (unpaired) electrons. The molecule has 3 rings (SSSR count). The topological polar surface area (TPSA) is 262 Å². The Labute approximate surface area is 362 Å². The number of aliphatic carboxylic acids is 1. The molecule has 1 saturated heterocycles. The quantitative estimate of drug-likeness (QED) is 0.127. The fraction of sp³-hybridized carbons (Fsp3) is 0.545. The van der Waals surface area contributed by atoms with E-state index in [1.165, 1.54) is 24.1 Å². The second-order valence-corrected chi connectivity index (χ2v) is 16.0. The van der Waals surface area contributed by atoms with Crippen molar-refractivity contribution in [2.75, 3.05) is 20.2 Å². The molecule has 7 unspecified atom stereocenters. The predicted octanol–water partition coefficient (Wildman–Crippen LogP) is 1.93. The maximum absolute atomic E-state index is 14.6. The van der Waals surface area contributed by atoms with Crippen LogP contribution in [0.15, 0.2) is 54.6 Å². The number of hydrogen-bond donors (Lipinski definition) is 8. The zero-order valence-corrected chi connectivity index (χ0v) is 36.4. The number of aromatic hydroxyl groups is 1. The van der Waals surface area contributed by atoms with Crippen molar-refractivity contribution in [2.45, 2.75) is 122 Å². The maximum atomic E-state index is 14.6. The first-order valence-electron chi connectivity index (χ1n) is 21.1. The number of phenolic OH excluding ortho intramolecular Hbond substituents is 1. The van der Waals surface area contributed by atoms with Crippen LogP contribution in [0.25, 0.3) is 0 Å². The molecule has 0 aromatic heterocycles. The van der Waals surface area contributed by atoms with Gasteiger partial charge in [-0.05, 0) is 80.0 Å². The summed E-state index contributed by atoms with van der Waals surface area (Å²) in [6, 6.07) is 7.17. The van der Waals surface area contributed by atoms with Crippen LogP contribution in [0.3, 0.4) is 0 Å². The number of phenols is 1. The van der Waals surface area contributed by atoms with Crippen LogP contribution in [0.2, 0.25) is 0 Å². The summed E-state index contributed by atoms with van der Waals surface area (Å²) in [7, 11) is 1.41. The lowest BCUT2D eigenvalue weighted by Gasteiger charge is -2.33. The average Bonchev–Trinajstić information content (AvgIpc) is 3.23. The van der Waals surface area contributed by atoms with Gasteiger partial charge in [0.1, 0.15) is 48.6 Å². The first-order valence-corrected chi connectivity index (χ1v) is 21.1. The Morgan fingerprint density at radius 2 is 1.45 bits per heavy atom. The van der Waals surface area contributed by atoms with Crippen molar-refractivity contribution in [3.63, 3.8) is 0 Å². The van der Waals surface area contributed by atoms with E-state index < -0.39 is 102 Å². The predicted molar refractivity (Wildman–Crippen MR) is 228 cm³/mol. The number of likely N-dealkylation sites (N-methyl/N-ethyl adjacent to an activating group) is 1. The third kappa shape index (κ3) is 16.0. The number of carbonyl (C=O) groups excluding carboxylic acids is 7. The zero-order chi connectivity index (χ0) is 45.9. The second kappa shape index (κ2) is 24.9. The van der Waals surface area contributed by atoms with Gasteiger partial charge in [0.15, 0.2) is 0 Å². The highest BCUT2D eigenvalue weighted by Crippen LogP contribution is 2.17. The lowest BCUT2D eigenvalue weighted by atomic mass is 9.98.